The van der Waals surface area contributed by atoms with Crippen LogP contribution in [0, 0.1) is 5.92 Å². The highest BCUT2D eigenvalue weighted by Crippen LogP contribution is 2.26. The third kappa shape index (κ3) is 5.93. The van der Waals surface area contributed by atoms with Crippen LogP contribution in [0.3, 0.4) is 0 Å². The molecule has 0 saturated carbocycles. The second kappa shape index (κ2) is 9.84. The molecule has 26 heavy (non-hydrogen) atoms. The summed E-state index contributed by atoms with van der Waals surface area (Å²) >= 11 is 12.4. The van der Waals surface area contributed by atoms with Gasteiger partial charge >= 0.3 is 0 Å². The van der Waals surface area contributed by atoms with Gasteiger partial charge in [-0.3, -0.25) is 4.79 Å². The fourth-order valence-corrected chi connectivity index (χ4v) is 3.45. The number of nitrogens with one attached hydrogen (secondary N) is 1. The van der Waals surface area contributed by atoms with Gasteiger partial charge in [0.2, 0.25) is 5.91 Å². The third-order valence-corrected chi connectivity index (χ3v) is 4.93. The number of rotatable bonds is 8. The zero-order valence-electron chi connectivity index (χ0n) is 15.4. The van der Waals surface area contributed by atoms with Crippen LogP contribution < -0.4 is 10.1 Å². The highest BCUT2D eigenvalue weighted by molar-refractivity contribution is 6.36. The molecule has 2 rings (SSSR count). The maximum atomic E-state index is 12.5. The SMILES string of the molecule is COc1ccc([C@H](CC(C)C)NC(=O)CCc2c(Cl)cccc2Cl)cc1. The third-order valence-electron chi connectivity index (χ3n) is 4.22. The number of hydrogen-bond acceptors (Lipinski definition) is 2. The molecule has 3 nitrogen and oxygen atoms in total. The van der Waals surface area contributed by atoms with E-state index in [4.69, 9.17) is 27.9 Å². The van der Waals surface area contributed by atoms with Crippen LogP contribution in [0.15, 0.2) is 42.5 Å². The van der Waals surface area contributed by atoms with Crippen LogP contribution >= 0.6 is 23.2 Å². The molecule has 0 aromatic heterocycles. The standard InChI is InChI=1S/C21H25Cl2NO2/c1-14(2)13-20(15-7-9-16(26-3)10-8-15)24-21(25)12-11-17-18(22)5-4-6-19(17)23/h4-10,14,20H,11-13H2,1-3H3,(H,24,25)/t20-/m0/s1. The van der Waals surface area contributed by atoms with Crippen molar-refractivity contribution < 1.29 is 9.53 Å². The Balaban J connectivity index is 2.03. The molecule has 0 spiro atoms. The van der Waals surface area contributed by atoms with Gasteiger partial charge in [-0.1, -0.05) is 55.2 Å². The highest BCUT2D eigenvalue weighted by atomic mass is 35.5. The van der Waals surface area contributed by atoms with Gasteiger partial charge in [0, 0.05) is 16.5 Å². The van der Waals surface area contributed by atoms with Crippen LogP contribution in [0.1, 0.15) is 43.9 Å². The number of carbonyl (C=O) groups excluding carboxylic acids is 1. The molecule has 140 valence electrons. The Morgan fingerprint density at radius 1 is 1.08 bits per heavy atom. The molecule has 0 radical (unpaired) electrons. The van der Waals surface area contributed by atoms with Crippen LogP contribution in [-0.4, -0.2) is 13.0 Å². The average molecular weight is 394 g/mol. The summed E-state index contributed by atoms with van der Waals surface area (Å²) in [5.74, 6) is 1.25. The Hall–Kier alpha value is -1.71. The molecule has 1 N–H and O–H groups in total. The normalized spacial score (nSPS) is 12.1. The monoisotopic (exact) mass is 393 g/mol. The molecule has 0 unspecified atom stereocenters. The number of amides is 1. The zero-order valence-corrected chi connectivity index (χ0v) is 16.9. The van der Waals surface area contributed by atoms with Gasteiger partial charge in [-0.05, 0) is 54.2 Å². The molecule has 0 heterocycles. The zero-order chi connectivity index (χ0) is 19.1. The Labute approximate surface area is 165 Å². The van der Waals surface area contributed by atoms with Crippen LogP contribution in [0.4, 0.5) is 0 Å². The summed E-state index contributed by atoms with van der Waals surface area (Å²) in [5.41, 5.74) is 1.89. The summed E-state index contributed by atoms with van der Waals surface area (Å²) in [5, 5.41) is 4.34. The van der Waals surface area contributed by atoms with Crippen molar-refractivity contribution in [3.63, 3.8) is 0 Å². The molecule has 0 aliphatic carbocycles. The van der Waals surface area contributed by atoms with Crippen molar-refractivity contribution in [2.24, 2.45) is 5.92 Å². The Morgan fingerprint density at radius 2 is 1.69 bits per heavy atom. The fraction of sp³-hybridized carbons (Fsp3) is 0.381. The van der Waals surface area contributed by atoms with Crippen molar-refractivity contribution in [1.82, 2.24) is 5.32 Å². The predicted octanol–water partition coefficient (Wildman–Crippen LogP) is 5.84. The van der Waals surface area contributed by atoms with E-state index in [0.29, 0.717) is 28.8 Å². The number of hydrogen-bond donors (Lipinski definition) is 1. The second-order valence-corrected chi connectivity index (χ2v) is 7.54. The van der Waals surface area contributed by atoms with Gasteiger partial charge in [0.1, 0.15) is 5.75 Å². The number of benzene rings is 2. The van der Waals surface area contributed by atoms with Crippen molar-refractivity contribution in [3.05, 3.63) is 63.6 Å². The maximum Gasteiger partial charge on any atom is 0.220 e. The Morgan fingerprint density at radius 3 is 2.23 bits per heavy atom. The van der Waals surface area contributed by atoms with E-state index in [2.05, 4.69) is 19.2 Å². The molecular formula is C21H25Cl2NO2. The van der Waals surface area contributed by atoms with Crippen LogP contribution in [0.2, 0.25) is 10.0 Å². The topological polar surface area (TPSA) is 38.3 Å². The first kappa shape index (κ1) is 20.6. The smallest absolute Gasteiger partial charge is 0.220 e. The van der Waals surface area contributed by atoms with Crippen LogP contribution in [-0.2, 0) is 11.2 Å². The minimum Gasteiger partial charge on any atom is -0.497 e. The van der Waals surface area contributed by atoms with Crippen molar-refractivity contribution in [2.45, 2.75) is 39.2 Å². The van der Waals surface area contributed by atoms with Crippen LogP contribution in [0.25, 0.3) is 0 Å². The molecule has 5 heteroatoms. The Kier molecular flexibility index (Phi) is 7.80. The Bertz CT molecular complexity index is 709. The molecule has 1 atom stereocenters. The fourth-order valence-electron chi connectivity index (χ4n) is 2.86. The van der Waals surface area contributed by atoms with E-state index in [-0.39, 0.29) is 11.9 Å². The van der Waals surface area contributed by atoms with E-state index in [1.807, 2.05) is 24.3 Å². The summed E-state index contributed by atoms with van der Waals surface area (Å²) in [6.07, 6.45) is 1.72. The van der Waals surface area contributed by atoms with Crippen molar-refractivity contribution in [1.29, 1.82) is 0 Å². The molecule has 1 amide bonds. The highest BCUT2D eigenvalue weighted by Gasteiger charge is 2.17. The lowest BCUT2D eigenvalue weighted by atomic mass is 9.96. The molecule has 0 fully saturated rings. The van der Waals surface area contributed by atoms with Gasteiger partial charge in [0.15, 0.2) is 0 Å². The summed E-state index contributed by atoms with van der Waals surface area (Å²) in [7, 11) is 1.64. The predicted molar refractivity (Wildman–Crippen MR) is 108 cm³/mol. The van der Waals surface area contributed by atoms with Crippen LogP contribution in [0.5, 0.6) is 5.75 Å². The van der Waals surface area contributed by atoms with E-state index in [0.717, 1.165) is 23.3 Å². The first-order valence-corrected chi connectivity index (χ1v) is 9.52. The largest absolute Gasteiger partial charge is 0.497 e. The van der Waals surface area contributed by atoms with Gasteiger partial charge in [0.05, 0.1) is 13.2 Å². The molecule has 2 aromatic carbocycles. The van der Waals surface area contributed by atoms with E-state index in [1.54, 1.807) is 25.3 Å². The van der Waals surface area contributed by atoms with Gasteiger partial charge < -0.3 is 10.1 Å². The molecule has 0 aliphatic rings. The van der Waals surface area contributed by atoms with Gasteiger partial charge in [-0.2, -0.15) is 0 Å². The summed E-state index contributed by atoms with van der Waals surface area (Å²) in [6, 6.07) is 13.2. The lowest BCUT2D eigenvalue weighted by Gasteiger charge is -2.21. The first-order chi connectivity index (χ1) is 12.4. The number of methoxy groups -OCH3 is 1. The lowest BCUT2D eigenvalue weighted by Crippen LogP contribution is -2.29. The van der Waals surface area contributed by atoms with Gasteiger partial charge in [-0.15, -0.1) is 0 Å². The molecule has 0 saturated heterocycles. The minimum atomic E-state index is -0.0323. The molecule has 0 aliphatic heterocycles. The van der Waals surface area contributed by atoms with E-state index in [9.17, 15) is 4.79 Å². The lowest BCUT2D eigenvalue weighted by molar-refractivity contribution is -0.121. The summed E-state index contributed by atoms with van der Waals surface area (Å²) in [4.78, 5) is 12.5. The van der Waals surface area contributed by atoms with Gasteiger partial charge in [-0.25, -0.2) is 0 Å². The van der Waals surface area contributed by atoms with E-state index in [1.165, 1.54) is 0 Å². The van der Waals surface area contributed by atoms with E-state index >= 15 is 0 Å². The van der Waals surface area contributed by atoms with Crippen molar-refractivity contribution in [2.75, 3.05) is 7.11 Å². The summed E-state index contributed by atoms with van der Waals surface area (Å²) in [6.45, 7) is 4.29. The minimum absolute atomic E-state index is 0.0116. The number of carbonyl (C=O) groups is 1. The quantitative estimate of drug-likeness (QED) is 0.611. The number of halogens is 2. The average Bonchev–Trinajstić information content (AvgIpc) is 2.60. The van der Waals surface area contributed by atoms with Gasteiger partial charge in [0.25, 0.3) is 0 Å². The molecule has 0 bridgehead atoms. The molecule has 2 aromatic rings. The van der Waals surface area contributed by atoms with E-state index < -0.39 is 0 Å². The van der Waals surface area contributed by atoms with Crippen molar-refractivity contribution >= 4 is 29.1 Å². The molecular weight excluding hydrogens is 369 g/mol. The van der Waals surface area contributed by atoms with Crippen molar-refractivity contribution in [3.8, 4) is 5.75 Å². The second-order valence-electron chi connectivity index (χ2n) is 6.72. The maximum absolute atomic E-state index is 12.5. The number of ether oxygens (including phenoxy) is 1. The summed E-state index contributed by atoms with van der Waals surface area (Å²) < 4.78 is 5.21. The first-order valence-electron chi connectivity index (χ1n) is 8.77.